The lowest BCUT2D eigenvalue weighted by atomic mass is 9.82. The minimum absolute atomic E-state index is 0.195. The molecular weight excluding hydrogens is 232 g/mol. The number of nitrogens with zero attached hydrogens (tertiary/aromatic N) is 1. The number of hydrogen-bond acceptors (Lipinski definition) is 2. The number of carbonyl (C=O) groups is 2. The van der Waals surface area contributed by atoms with Crippen molar-refractivity contribution in [2.24, 2.45) is 17.6 Å². The Balaban J connectivity index is 2.37. The summed E-state index contributed by atoms with van der Waals surface area (Å²) in [5, 5.41) is 8.93. The van der Waals surface area contributed by atoms with Crippen LogP contribution in [0.15, 0.2) is 0 Å². The Morgan fingerprint density at radius 3 is 2.33 bits per heavy atom. The zero-order valence-electron chi connectivity index (χ0n) is 11.1. The molecule has 0 aromatic carbocycles. The second kappa shape index (κ2) is 7.24. The van der Waals surface area contributed by atoms with E-state index in [1.165, 1.54) is 0 Å². The van der Waals surface area contributed by atoms with Crippen molar-refractivity contribution >= 4 is 12.0 Å². The molecule has 0 unspecified atom stereocenters. The number of carboxylic acids is 1. The molecule has 0 bridgehead atoms. The van der Waals surface area contributed by atoms with Gasteiger partial charge in [-0.3, -0.25) is 4.79 Å². The number of nitrogens with two attached hydrogens (primary N) is 1. The van der Waals surface area contributed by atoms with Crippen molar-refractivity contribution in [3.05, 3.63) is 0 Å². The number of hydrogen-bond donors (Lipinski definition) is 2. The van der Waals surface area contributed by atoms with Crippen molar-refractivity contribution in [1.29, 1.82) is 0 Å². The molecular formula is C13H24N2O3. The fraction of sp³-hybridized carbons (Fsp3) is 0.846. The summed E-state index contributed by atoms with van der Waals surface area (Å²) in [4.78, 5) is 23.9. The van der Waals surface area contributed by atoms with Gasteiger partial charge in [-0.1, -0.05) is 13.3 Å². The highest BCUT2D eigenvalue weighted by atomic mass is 16.4. The number of carbonyl (C=O) groups excluding carboxylic acids is 1. The Bertz CT molecular complexity index is 286. The minimum Gasteiger partial charge on any atom is -0.481 e. The molecule has 1 fully saturated rings. The van der Waals surface area contributed by atoms with Gasteiger partial charge in [0.1, 0.15) is 0 Å². The second-order valence-electron chi connectivity index (χ2n) is 5.19. The molecule has 2 amide bonds. The Morgan fingerprint density at radius 2 is 1.89 bits per heavy atom. The first-order chi connectivity index (χ1) is 8.54. The Hall–Kier alpha value is -1.26. The van der Waals surface area contributed by atoms with Gasteiger partial charge in [-0.05, 0) is 38.0 Å². The standard InChI is InChI=1S/C13H24N2O3/c1-2-3-8-15(13(14)18)9-10-4-6-11(7-5-10)12(16)17/h10-11H,2-9H2,1H3,(H2,14,18)(H,16,17). The van der Waals surface area contributed by atoms with E-state index in [-0.39, 0.29) is 11.9 Å². The van der Waals surface area contributed by atoms with Crippen molar-refractivity contribution in [3.8, 4) is 0 Å². The lowest BCUT2D eigenvalue weighted by Crippen LogP contribution is -2.40. The predicted molar refractivity (Wildman–Crippen MR) is 69.1 cm³/mol. The summed E-state index contributed by atoms with van der Waals surface area (Å²) in [6.45, 7) is 3.48. The van der Waals surface area contributed by atoms with Crippen molar-refractivity contribution < 1.29 is 14.7 Å². The molecule has 0 heterocycles. The smallest absolute Gasteiger partial charge is 0.314 e. The summed E-state index contributed by atoms with van der Waals surface area (Å²) in [7, 11) is 0. The summed E-state index contributed by atoms with van der Waals surface area (Å²) in [6, 6.07) is -0.358. The highest BCUT2D eigenvalue weighted by molar-refractivity contribution is 5.72. The summed E-state index contributed by atoms with van der Waals surface area (Å²) in [5.74, 6) is -0.477. The molecule has 3 N–H and O–H groups in total. The van der Waals surface area contributed by atoms with Crippen LogP contribution >= 0.6 is 0 Å². The maximum Gasteiger partial charge on any atom is 0.314 e. The number of rotatable bonds is 6. The fourth-order valence-electron chi connectivity index (χ4n) is 2.54. The Labute approximate surface area is 108 Å². The van der Waals surface area contributed by atoms with E-state index in [2.05, 4.69) is 6.92 Å². The predicted octanol–water partition coefficient (Wildman–Crippen LogP) is 2.06. The Morgan fingerprint density at radius 1 is 1.28 bits per heavy atom. The van der Waals surface area contributed by atoms with Crippen LogP contribution < -0.4 is 5.73 Å². The van der Waals surface area contributed by atoms with E-state index in [0.717, 1.165) is 38.5 Å². The normalized spacial score (nSPS) is 23.6. The quantitative estimate of drug-likeness (QED) is 0.763. The van der Waals surface area contributed by atoms with Gasteiger partial charge >= 0.3 is 12.0 Å². The van der Waals surface area contributed by atoms with Crippen LogP contribution in [-0.2, 0) is 4.79 Å². The van der Waals surface area contributed by atoms with Crippen LogP contribution in [0.3, 0.4) is 0 Å². The zero-order valence-corrected chi connectivity index (χ0v) is 11.1. The van der Waals surface area contributed by atoms with Crippen LogP contribution in [0.5, 0.6) is 0 Å². The third-order valence-corrected chi connectivity index (χ3v) is 3.77. The monoisotopic (exact) mass is 256 g/mol. The molecule has 104 valence electrons. The molecule has 1 aliphatic carbocycles. The second-order valence-corrected chi connectivity index (χ2v) is 5.19. The SMILES string of the molecule is CCCCN(CC1CCC(C(=O)O)CC1)C(N)=O. The van der Waals surface area contributed by atoms with E-state index in [0.29, 0.717) is 19.0 Å². The Kier molecular flexibility index (Phi) is 5.95. The van der Waals surface area contributed by atoms with Crippen molar-refractivity contribution in [3.63, 3.8) is 0 Å². The number of amides is 2. The third kappa shape index (κ3) is 4.55. The molecule has 0 aromatic rings. The maximum absolute atomic E-state index is 11.3. The zero-order chi connectivity index (χ0) is 13.5. The van der Waals surface area contributed by atoms with Gasteiger partial charge in [0.25, 0.3) is 0 Å². The average molecular weight is 256 g/mol. The van der Waals surface area contributed by atoms with Crippen molar-refractivity contribution in [2.45, 2.75) is 45.4 Å². The molecule has 0 radical (unpaired) electrons. The van der Waals surface area contributed by atoms with E-state index in [4.69, 9.17) is 10.8 Å². The molecule has 1 aliphatic rings. The van der Waals surface area contributed by atoms with Crippen LogP contribution in [0, 0.1) is 11.8 Å². The largest absolute Gasteiger partial charge is 0.481 e. The van der Waals surface area contributed by atoms with Gasteiger partial charge in [0.15, 0.2) is 0 Å². The average Bonchev–Trinajstić information content (AvgIpc) is 2.34. The van der Waals surface area contributed by atoms with Gasteiger partial charge in [0, 0.05) is 13.1 Å². The first-order valence-corrected chi connectivity index (χ1v) is 6.81. The van der Waals surface area contributed by atoms with Gasteiger partial charge in [-0.2, -0.15) is 0 Å². The molecule has 5 heteroatoms. The summed E-state index contributed by atoms with van der Waals surface area (Å²) >= 11 is 0. The van der Waals surface area contributed by atoms with E-state index in [1.54, 1.807) is 4.90 Å². The van der Waals surface area contributed by atoms with Crippen LogP contribution in [0.2, 0.25) is 0 Å². The topological polar surface area (TPSA) is 83.6 Å². The van der Waals surface area contributed by atoms with E-state index < -0.39 is 5.97 Å². The fourth-order valence-corrected chi connectivity index (χ4v) is 2.54. The highest BCUT2D eigenvalue weighted by Crippen LogP contribution is 2.29. The molecule has 0 atom stereocenters. The number of primary amides is 1. The number of carboxylic acid groups (broad SMARTS) is 1. The molecule has 5 nitrogen and oxygen atoms in total. The summed E-state index contributed by atoms with van der Waals surface area (Å²) < 4.78 is 0. The van der Waals surface area contributed by atoms with Crippen molar-refractivity contribution in [1.82, 2.24) is 4.90 Å². The number of urea groups is 1. The van der Waals surface area contributed by atoms with Gasteiger partial charge in [-0.25, -0.2) is 4.79 Å². The number of unbranched alkanes of at least 4 members (excludes halogenated alkanes) is 1. The molecule has 18 heavy (non-hydrogen) atoms. The van der Waals surface area contributed by atoms with Crippen LogP contribution in [0.4, 0.5) is 4.79 Å². The van der Waals surface area contributed by atoms with Gasteiger partial charge in [0.05, 0.1) is 5.92 Å². The minimum atomic E-state index is -0.689. The highest BCUT2D eigenvalue weighted by Gasteiger charge is 2.27. The molecule has 0 spiro atoms. The third-order valence-electron chi connectivity index (χ3n) is 3.77. The summed E-state index contributed by atoms with van der Waals surface area (Å²) in [6.07, 6.45) is 5.21. The van der Waals surface area contributed by atoms with Crippen LogP contribution in [0.25, 0.3) is 0 Å². The molecule has 0 saturated heterocycles. The van der Waals surface area contributed by atoms with E-state index >= 15 is 0 Å². The summed E-state index contributed by atoms with van der Waals surface area (Å²) in [5.41, 5.74) is 5.36. The molecule has 1 saturated carbocycles. The van der Waals surface area contributed by atoms with Gasteiger partial charge < -0.3 is 15.7 Å². The van der Waals surface area contributed by atoms with Crippen LogP contribution in [-0.4, -0.2) is 35.1 Å². The first-order valence-electron chi connectivity index (χ1n) is 6.81. The van der Waals surface area contributed by atoms with E-state index in [1.807, 2.05) is 0 Å². The molecule has 0 aromatic heterocycles. The van der Waals surface area contributed by atoms with E-state index in [9.17, 15) is 9.59 Å². The van der Waals surface area contributed by atoms with Gasteiger partial charge in [-0.15, -0.1) is 0 Å². The van der Waals surface area contributed by atoms with Gasteiger partial charge in [0.2, 0.25) is 0 Å². The lowest BCUT2D eigenvalue weighted by molar-refractivity contribution is -0.143. The molecule has 0 aliphatic heterocycles. The van der Waals surface area contributed by atoms with Crippen LogP contribution in [0.1, 0.15) is 45.4 Å². The molecule has 1 rings (SSSR count). The van der Waals surface area contributed by atoms with Crippen molar-refractivity contribution in [2.75, 3.05) is 13.1 Å². The number of aliphatic carboxylic acids is 1. The first kappa shape index (κ1) is 14.8. The lowest BCUT2D eigenvalue weighted by Gasteiger charge is -2.30. The maximum atomic E-state index is 11.3.